The van der Waals surface area contributed by atoms with Crippen LogP contribution in [0.3, 0.4) is 0 Å². The van der Waals surface area contributed by atoms with Crippen LogP contribution in [0.1, 0.15) is 63.8 Å². The van der Waals surface area contributed by atoms with E-state index in [4.69, 9.17) is 0 Å². The zero-order chi connectivity index (χ0) is 13.9. The van der Waals surface area contributed by atoms with Crippen LogP contribution in [0.2, 0.25) is 0 Å². The molecule has 3 rings (SSSR count). The Morgan fingerprint density at radius 2 is 2.15 bits per heavy atom. The van der Waals surface area contributed by atoms with Crippen molar-refractivity contribution in [2.75, 3.05) is 0 Å². The molecule has 0 radical (unpaired) electrons. The number of allylic oxidation sites excluding steroid dienone is 1. The molecule has 2 aliphatic carbocycles. The van der Waals surface area contributed by atoms with E-state index in [1.165, 1.54) is 62.9 Å². The lowest BCUT2D eigenvalue weighted by atomic mass is 9.78. The second kappa shape index (κ2) is 6.15. The van der Waals surface area contributed by atoms with E-state index in [0.29, 0.717) is 0 Å². The second-order valence-electron chi connectivity index (χ2n) is 7.20. The van der Waals surface area contributed by atoms with Crippen LogP contribution in [0, 0.1) is 17.8 Å². The van der Waals surface area contributed by atoms with Gasteiger partial charge in [0.1, 0.15) is 0 Å². The van der Waals surface area contributed by atoms with Gasteiger partial charge in [0.25, 0.3) is 0 Å². The minimum absolute atomic E-state index is 0.852. The summed E-state index contributed by atoms with van der Waals surface area (Å²) in [5.74, 6) is 2.69. The normalized spacial score (nSPS) is 25.9. The molecule has 2 aliphatic rings. The van der Waals surface area contributed by atoms with E-state index in [0.717, 1.165) is 17.8 Å². The van der Waals surface area contributed by atoms with Crippen LogP contribution >= 0.6 is 0 Å². The highest BCUT2D eigenvalue weighted by molar-refractivity contribution is 5.50. The minimum atomic E-state index is 0.852. The van der Waals surface area contributed by atoms with E-state index in [1.54, 1.807) is 0 Å². The molecule has 2 nitrogen and oxygen atoms in total. The van der Waals surface area contributed by atoms with Gasteiger partial charge in [-0.15, -0.1) is 0 Å². The predicted molar refractivity (Wildman–Crippen MR) is 84.5 cm³/mol. The maximum atomic E-state index is 4.57. The Morgan fingerprint density at radius 1 is 1.30 bits per heavy atom. The Kier molecular flexibility index (Phi) is 4.28. The molecule has 0 saturated heterocycles. The van der Waals surface area contributed by atoms with E-state index >= 15 is 0 Å². The van der Waals surface area contributed by atoms with Crippen molar-refractivity contribution in [2.24, 2.45) is 17.8 Å². The number of hydrogen-bond donors (Lipinski definition) is 0. The molecule has 0 bridgehead atoms. The molecule has 2 unspecified atom stereocenters. The standard InChI is InChI=1S/C18H28N2/c1-14(2)10-15-6-5-7-16(11-15)12-20-13-19-17-8-3-4-9-18(17)20/h3,8,13-16H,4-7,9-12H2,1-2H3. The van der Waals surface area contributed by atoms with Gasteiger partial charge in [0.15, 0.2) is 0 Å². The molecule has 2 heteroatoms. The average Bonchev–Trinajstić information content (AvgIpc) is 2.82. The van der Waals surface area contributed by atoms with Crippen LogP contribution in [0.25, 0.3) is 6.08 Å². The second-order valence-corrected chi connectivity index (χ2v) is 7.20. The highest BCUT2D eigenvalue weighted by Gasteiger charge is 2.24. The lowest BCUT2D eigenvalue weighted by Gasteiger charge is -2.31. The third kappa shape index (κ3) is 3.16. The molecule has 1 heterocycles. The molecule has 110 valence electrons. The number of rotatable bonds is 4. The molecule has 0 aliphatic heterocycles. The molecule has 0 spiro atoms. The van der Waals surface area contributed by atoms with E-state index < -0.39 is 0 Å². The quantitative estimate of drug-likeness (QED) is 0.777. The van der Waals surface area contributed by atoms with Crippen molar-refractivity contribution in [3.8, 4) is 0 Å². The summed E-state index contributed by atoms with van der Waals surface area (Å²) >= 11 is 0. The Morgan fingerprint density at radius 3 is 3.00 bits per heavy atom. The summed E-state index contributed by atoms with van der Waals surface area (Å²) in [6.07, 6.45) is 16.0. The topological polar surface area (TPSA) is 17.8 Å². The number of aromatic nitrogens is 2. The maximum absolute atomic E-state index is 4.57. The lowest BCUT2D eigenvalue weighted by Crippen LogP contribution is -2.21. The summed E-state index contributed by atoms with van der Waals surface area (Å²) in [7, 11) is 0. The lowest BCUT2D eigenvalue weighted by molar-refractivity contribution is 0.217. The first-order valence-corrected chi connectivity index (χ1v) is 8.43. The first kappa shape index (κ1) is 13.9. The molecule has 1 aromatic heterocycles. The fraction of sp³-hybridized carbons (Fsp3) is 0.722. The van der Waals surface area contributed by atoms with Crippen molar-refractivity contribution in [1.82, 2.24) is 9.55 Å². The van der Waals surface area contributed by atoms with E-state index in [1.807, 2.05) is 0 Å². The van der Waals surface area contributed by atoms with Crippen LogP contribution in [0.15, 0.2) is 12.4 Å². The van der Waals surface area contributed by atoms with Crippen molar-refractivity contribution in [3.05, 3.63) is 23.8 Å². The number of imidazole rings is 1. The van der Waals surface area contributed by atoms with E-state index in [2.05, 4.69) is 41.9 Å². The highest BCUT2D eigenvalue weighted by Crippen LogP contribution is 2.34. The van der Waals surface area contributed by atoms with Gasteiger partial charge < -0.3 is 4.57 Å². The van der Waals surface area contributed by atoms with Crippen LogP contribution in [0.4, 0.5) is 0 Å². The molecule has 1 fully saturated rings. The number of hydrogen-bond acceptors (Lipinski definition) is 1. The van der Waals surface area contributed by atoms with Gasteiger partial charge in [-0.2, -0.15) is 0 Å². The van der Waals surface area contributed by atoms with Gasteiger partial charge in [0.05, 0.1) is 12.0 Å². The van der Waals surface area contributed by atoms with Crippen molar-refractivity contribution in [2.45, 2.75) is 65.3 Å². The largest absolute Gasteiger partial charge is 0.334 e. The molecule has 20 heavy (non-hydrogen) atoms. The third-order valence-corrected chi connectivity index (χ3v) is 4.95. The van der Waals surface area contributed by atoms with Crippen LogP contribution in [-0.2, 0) is 13.0 Å². The van der Waals surface area contributed by atoms with Gasteiger partial charge in [-0.3, -0.25) is 0 Å². The fourth-order valence-electron chi connectivity index (χ4n) is 4.13. The first-order valence-electron chi connectivity index (χ1n) is 8.43. The van der Waals surface area contributed by atoms with Gasteiger partial charge >= 0.3 is 0 Å². The molecular weight excluding hydrogens is 244 g/mol. The minimum Gasteiger partial charge on any atom is -0.334 e. The first-order chi connectivity index (χ1) is 9.72. The highest BCUT2D eigenvalue weighted by atomic mass is 15.1. The Hall–Kier alpha value is -1.05. The summed E-state index contributed by atoms with van der Waals surface area (Å²) in [5.41, 5.74) is 2.68. The zero-order valence-electron chi connectivity index (χ0n) is 13.0. The number of nitrogens with zero attached hydrogens (tertiary/aromatic N) is 2. The van der Waals surface area contributed by atoms with Crippen molar-refractivity contribution >= 4 is 6.08 Å². The monoisotopic (exact) mass is 272 g/mol. The Labute approximate surface area is 123 Å². The summed E-state index contributed by atoms with van der Waals surface area (Å²) in [6, 6.07) is 0. The summed E-state index contributed by atoms with van der Waals surface area (Å²) in [5, 5.41) is 0. The Balaban J connectivity index is 1.63. The molecule has 0 N–H and O–H groups in total. The van der Waals surface area contributed by atoms with Crippen LogP contribution < -0.4 is 0 Å². The third-order valence-electron chi connectivity index (χ3n) is 4.95. The summed E-state index contributed by atoms with van der Waals surface area (Å²) in [4.78, 5) is 4.57. The van der Waals surface area contributed by atoms with Crippen molar-refractivity contribution < 1.29 is 0 Å². The van der Waals surface area contributed by atoms with Crippen molar-refractivity contribution in [1.29, 1.82) is 0 Å². The summed E-state index contributed by atoms with van der Waals surface area (Å²) in [6.45, 7) is 5.93. The molecule has 1 aromatic rings. The van der Waals surface area contributed by atoms with E-state index in [-0.39, 0.29) is 0 Å². The zero-order valence-corrected chi connectivity index (χ0v) is 13.0. The number of fused-ring (bicyclic) bond motifs is 1. The predicted octanol–water partition coefficient (Wildman–Crippen LogP) is 4.70. The van der Waals surface area contributed by atoms with Crippen LogP contribution in [-0.4, -0.2) is 9.55 Å². The van der Waals surface area contributed by atoms with E-state index in [9.17, 15) is 0 Å². The fourth-order valence-corrected chi connectivity index (χ4v) is 4.13. The molecule has 1 saturated carbocycles. The smallest absolute Gasteiger partial charge is 0.0955 e. The van der Waals surface area contributed by atoms with Gasteiger partial charge in [-0.05, 0) is 55.9 Å². The summed E-state index contributed by atoms with van der Waals surface area (Å²) < 4.78 is 2.45. The Bertz CT molecular complexity index is 470. The van der Waals surface area contributed by atoms with Gasteiger partial charge in [-0.25, -0.2) is 4.98 Å². The maximum Gasteiger partial charge on any atom is 0.0955 e. The van der Waals surface area contributed by atoms with Gasteiger partial charge in [0, 0.05) is 12.2 Å². The molecule has 0 amide bonds. The van der Waals surface area contributed by atoms with Crippen LogP contribution in [0.5, 0.6) is 0 Å². The molecular formula is C18H28N2. The van der Waals surface area contributed by atoms with Gasteiger partial charge in [-0.1, -0.05) is 32.8 Å². The molecule has 0 aromatic carbocycles. The van der Waals surface area contributed by atoms with Crippen molar-refractivity contribution in [3.63, 3.8) is 0 Å². The average molecular weight is 272 g/mol. The SMILES string of the molecule is CC(C)CC1CCCC(Cn2cnc3c2CCC=C3)C1. The molecule has 2 atom stereocenters. The van der Waals surface area contributed by atoms with Gasteiger partial charge in [0.2, 0.25) is 0 Å².